The molecule has 2 aromatic carbocycles. The summed E-state index contributed by atoms with van der Waals surface area (Å²) in [7, 11) is 0. The van der Waals surface area contributed by atoms with Gasteiger partial charge in [-0.2, -0.15) is 5.10 Å². The summed E-state index contributed by atoms with van der Waals surface area (Å²) in [5, 5.41) is 16.3. The van der Waals surface area contributed by atoms with E-state index in [-0.39, 0.29) is 23.6 Å². The van der Waals surface area contributed by atoms with Gasteiger partial charge in [-0.1, -0.05) is 75.4 Å². The first kappa shape index (κ1) is 20.3. The summed E-state index contributed by atoms with van der Waals surface area (Å²) in [5.41, 5.74) is 3.87. The van der Waals surface area contributed by atoms with Gasteiger partial charge in [0.2, 0.25) is 0 Å². The van der Waals surface area contributed by atoms with Gasteiger partial charge in [0.15, 0.2) is 0 Å². The van der Waals surface area contributed by atoms with Crippen LogP contribution in [-0.4, -0.2) is 26.8 Å². The van der Waals surface area contributed by atoms with E-state index in [1.807, 2.05) is 42.5 Å². The van der Waals surface area contributed by atoms with E-state index in [1.165, 1.54) is 10.2 Å². The number of carbonyl (C=O) groups is 2. The van der Waals surface area contributed by atoms with Crippen LogP contribution in [0, 0.1) is 0 Å². The minimum atomic E-state index is -1.06. The number of carbonyl (C=O) groups excluding carboxylic acids is 1. The fourth-order valence-corrected chi connectivity index (χ4v) is 2.99. The van der Waals surface area contributed by atoms with Crippen LogP contribution in [-0.2, 0) is 23.3 Å². The van der Waals surface area contributed by atoms with E-state index in [9.17, 15) is 9.59 Å². The molecule has 0 radical (unpaired) electrons. The number of amides is 1. The third kappa shape index (κ3) is 5.10. The first-order valence-corrected chi connectivity index (χ1v) is 9.47. The molecule has 0 bridgehead atoms. The van der Waals surface area contributed by atoms with Crippen molar-refractivity contribution in [2.75, 3.05) is 0 Å². The molecule has 2 N–H and O–H groups in total. The zero-order valence-corrected chi connectivity index (χ0v) is 16.8. The van der Waals surface area contributed by atoms with Crippen LogP contribution in [0.1, 0.15) is 42.4 Å². The Hall–Kier alpha value is -3.41. The molecule has 6 nitrogen and oxygen atoms in total. The first-order valence-electron chi connectivity index (χ1n) is 9.47. The molecule has 0 aliphatic carbocycles. The maximum atomic E-state index is 12.7. The number of aromatic nitrogens is 2. The lowest BCUT2D eigenvalue weighted by molar-refractivity contribution is -0.137. The van der Waals surface area contributed by atoms with Gasteiger partial charge < -0.3 is 10.4 Å². The van der Waals surface area contributed by atoms with Crippen LogP contribution in [0.5, 0.6) is 0 Å². The number of nitrogens with zero attached hydrogens (tertiary/aromatic N) is 2. The normalized spacial score (nSPS) is 11.3. The van der Waals surface area contributed by atoms with Crippen LogP contribution in [0.3, 0.4) is 0 Å². The molecule has 0 fully saturated rings. The third-order valence-corrected chi connectivity index (χ3v) is 4.64. The van der Waals surface area contributed by atoms with Gasteiger partial charge in [0.25, 0.3) is 5.91 Å². The second-order valence-corrected chi connectivity index (χ2v) is 7.96. The van der Waals surface area contributed by atoms with Crippen LogP contribution in [0.25, 0.3) is 11.3 Å². The van der Waals surface area contributed by atoms with Crippen molar-refractivity contribution in [2.24, 2.45) is 0 Å². The predicted octanol–water partition coefficient (Wildman–Crippen LogP) is 3.86. The largest absolute Gasteiger partial charge is 0.480 e. The smallest absolute Gasteiger partial charge is 0.325 e. The van der Waals surface area contributed by atoms with E-state index in [0.717, 1.165) is 11.1 Å². The number of benzene rings is 2. The maximum absolute atomic E-state index is 12.7. The van der Waals surface area contributed by atoms with Gasteiger partial charge in [-0.05, 0) is 22.6 Å². The van der Waals surface area contributed by atoms with Crippen molar-refractivity contribution < 1.29 is 14.7 Å². The minimum absolute atomic E-state index is 0.0684. The highest BCUT2D eigenvalue weighted by atomic mass is 16.4. The Balaban J connectivity index is 1.77. The van der Waals surface area contributed by atoms with Crippen molar-refractivity contribution >= 4 is 11.9 Å². The molecule has 150 valence electrons. The highest BCUT2D eigenvalue weighted by Crippen LogP contribution is 2.22. The zero-order valence-electron chi connectivity index (χ0n) is 16.8. The highest BCUT2D eigenvalue weighted by Gasteiger charge is 2.18. The summed E-state index contributed by atoms with van der Waals surface area (Å²) in [6.07, 6.45) is 0. The number of hydrogen-bond donors (Lipinski definition) is 2. The molecule has 1 heterocycles. The topological polar surface area (TPSA) is 84.2 Å². The third-order valence-electron chi connectivity index (χ3n) is 4.64. The summed E-state index contributed by atoms with van der Waals surface area (Å²) in [6, 6.07) is 19.1. The van der Waals surface area contributed by atoms with Crippen LogP contribution in [0.4, 0.5) is 0 Å². The second-order valence-electron chi connectivity index (χ2n) is 7.96. The average molecular weight is 391 g/mol. The lowest BCUT2D eigenvalue weighted by atomic mass is 9.87. The molecule has 0 spiro atoms. The fourth-order valence-electron chi connectivity index (χ4n) is 2.99. The average Bonchev–Trinajstić information content (AvgIpc) is 3.09. The number of rotatable bonds is 6. The molecular formula is C23H25N3O3. The van der Waals surface area contributed by atoms with Gasteiger partial charge in [0.05, 0.1) is 5.69 Å². The number of hydrogen-bond acceptors (Lipinski definition) is 3. The van der Waals surface area contributed by atoms with E-state index in [4.69, 9.17) is 5.11 Å². The number of carboxylic acid groups (broad SMARTS) is 1. The molecule has 3 aromatic rings. The van der Waals surface area contributed by atoms with Gasteiger partial charge in [0, 0.05) is 12.1 Å². The van der Waals surface area contributed by atoms with Crippen LogP contribution in [0.15, 0.2) is 60.7 Å². The van der Waals surface area contributed by atoms with Gasteiger partial charge in [-0.15, -0.1) is 0 Å². The molecule has 6 heteroatoms. The second kappa shape index (κ2) is 8.31. The number of carboxylic acids is 1. The Morgan fingerprint density at radius 3 is 2.28 bits per heavy atom. The Morgan fingerprint density at radius 1 is 1.03 bits per heavy atom. The van der Waals surface area contributed by atoms with E-state index in [1.54, 1.807) is 6.07 Å². The summed E-state index contributed by atoms with van der Waals surface area (Å²) < 4.78 is 1.22. The summed E-state index contributed by atoms with van der Waals surface area (Å²) in [5.74, 6) is -1.42. The summed E-state index contributed by atoms with van der Waals surface area (Å²) in [4.78, 5) is 23.9. The van der Waals surface area contributed by atoms with Crippen LogP contribution >= 0.6 is 0 Å². The lowest BCUT2D eigenvalue weighted by Crippen LogP contribution is -2.27. The van der Waals surface area contributed by atoms with Crippen molar-refractivity contribution in [1.82, 2.24) is 15.1 Å². The Bertz CT molecular complexity index is 1000. The van der Waals surface area contributed by atoms with Crippen molar-refractivity contribution in [3.05, 3.63) is 77.5 Å². The van der Waals surface area contributed by atoms with E-state index >= 15 is 0 Å². The minimum Gasteiger partial charge on any atom is -0.480 e. The maximum Gasteiger partial charge on any atom is 0.325 e. The molecule has 1 amide bonds. The molecule has 0 atom stereocenters. The van der Waals surface area contributed by atoms with Crippen LogP contribution in [0.2, 0.25) is 0 Å². The molecule has 0 aliphatic heterocycles. The first-order chi connectivity index (χ1) is 13.7. The van der Waals surface area contributed by atoms with Gasteiger partial charge in [0.1, 0.15) is 12.2 Å². The molecule has 1 aromatic heterocycles. The molecule has 3 rings (SSSR count). The van der Waals surface area contributed by atoms with Crippen LogP contribution < -0.4 is 5.32 Å². The quantitative estimate of drug-likeness (QED) is 0.668. The van der Waals surface area contributed by atoms with Gasteiger partial charge >= 0.3 is 5.97 Å². The Labute approximate surface area is 170 Å². The number of nitrogens with one attached hydrogen (secondary N) is 1. The Morgan fingerprint density at radius 2 is 1.69 bits per heavy atom. The lowest BCUT2D eigenvalue weighted by Gasteiger charge is -2.19. The molecule has 29 heavy (non-hydrogen) atoms. The predicted molar refractivity (Wildman–Crippen MR) is 112 cm³/mol. The van der Waals surface area contributed by atoms with Crippen molar-refractivity contribution in [3.63, 3.8) is 0 Å². The SMILES string of the molecule is CC(C)(C)c1ccc(CNC(=O)c2cc(-c3ccccc3)nn2CC(=O)O)cc1. The van der Waals surface area contributed by atoms with E-state index < -0.39 is 5.97 Å². The van der Waals surface area contributed by atoms with Crippen molar-refractivity contribution in [1.29, 1.82) is 0 Å². The molecule has 0 saturated carbocycles. The van der Waals surface area contributed by atoms with Gasteiger partial charge in [-0.25, -0.2) is 4.68 Å². The van der Waals surface area contributed by atoms with Crippen molar-refractivity contribution in [2.45, 2.75) is 39.3 Å². The number of aliphatic carboxylic acids is 1. The monoisotopic (exact) mass is 391 g/mol. The van der Waals surface area contributed by atoms with E-state index in [2.05, 4.69) is 43.3 Å². The molecule has 0 aliphatic rings. The van der Waals surface area contributed by atoms with Gasteiger partial charge in [-0.3, -0.25) is 9.59 Å². The standard InChI is InChI=1S/C23H25N3O3/c1-23(2,3)18-11-9-16(10-12-18)14-24-22(29)20-13-19(17-7-5-4-6-8-17)25-26(20)15-21(27)28/h4-13H,14-15H2,1-3H3,(H,24,29)(H,27,28). The molecular weight excluding hydrogens is 366 g/mol. The Kier molecular flexibility index (Phi) is 5.82. The molecule has 0 unspecified atom stereocenters. The summed E-state index contributed by atoms with van der Waals surface area (Å²) in [6.45, 7) is 6.42. The zero-order chi connectivity index (χ0) is 21.0. The van der Waals surface area contributed by atoms with Crippen molar-refractivity contribution in [3.8, 4) is 11.3 Å². The summed E-state index contributed by atoms with van der Waals surface area (Å²) >= 11 is 0. The van der Waals surface area contributed by atoms with E-state index in [0.29, 0.717) is 12.2 Å². The fraction of sp³-hybridized carbons (Fsp3) is 0.261. The highest BCUT2D eigenvalue weighted by molar-refractivity contribution is 5.94. The molecule has 0 saturated heterocycles.